The molecule has 1 atom stereocenters. The molecule has 138 valence electrons. The van der Waals surface area contributed by atoms with E-state index in [1.807, 2.05) is 34.9 Å². The summed E-state index contributed by atoms with van der Waals surface area (Å²) in [6.07, 6.45) is 2.36. The zero-order valence-corrected chi connectivity index (χ0v) is 15.1. The summed E-state index contributed by atoms with van der Waals surface area (Å²) in [7, 11) is 2.89. The van der Waals surface area contributed by atoms with Crippen LogP contribution in [0.15, 0.2) is 36.7 Å². The third-order valence-electron chi connectivity index (χ3n) is 4.63. The van der Waals surface area contributed by atoms with Crippen LogP contribution in [-0.4, -0.2) is 53.2 Å². The van der Waals surface area contributed by atoms with Gasteiger partial charge in [0.1, 0.15) is 6.04 Å². The van der Waals surface area contributed by atoms with Gasteiger partial charge in [-0.15, -0.1) is 0 Å². The van der Waals surface area contributed by atoms with Crippen LogP contribution in [0.2, 0.25) is 0 Å². The van der Waals surface area contributed by atoms with E-state index in [0.29, 0.717) is 26.1 Å². The van der Waals surface area contributed by atoms with Crippen molar-refractivity contribution in [1.82, 2.24) is 14.5 Å². The Kier molecular flexibility index (Phi) is 5.68. The van der Waals surface area contributed by atoms with Crippen LogP contribution in [0, 0.1) is 0 Å². The molecule has 0 aliphatic carbocycles. The van der Waals surface area contributed by atoms with Crippen molar-refractivity contribution >= 4 is 11.9 Å². The second kappa shape index (κ2) is 8.14. The zero-order chi connectivity index (χ0) is 18.5. The van der Waals surface area contributed by atoms with Gasteiger partial charge in [-0.05, 0) is 5.56 Å². The fraction of sp³-hybridized carbons (Fsp3) is 0.421. The van der Waals surface area contributed by atoms with Gasteiger partial charge in [0.25, 0.3) is 0 Å². The molecular formula is C19H23N3O4. The molecule has 1 aliphatic rings. The highest BCUT2D eigenvalue weighted by atomic mass is 16.5. The number of esters is 1. The molecule has 1 aromatic carbocycles. The largest absolute Gasteiger partial charge is 0.467 e. The normalized spacial score (nSPS) is 16.2. The summed E-state index contributed by atoms with van der Waals surface area (Å²) in [4.78, 5) is 30.8. The zero-order valence-electron chi connectivity index (χ0n) is 15.1. The molecule has 3 rings (SSSR count). The average Bonchev–Trinajstić information content (AvgIpc) is 3.07. The average molecular weight is 357 g/mol. The summed E-state index contributed by atoms with van der Waals surface area (Å²) in [5.74, 6) is -0.542. The second-order valence-corrected chi connectivity index (χ2v) is 6.26. The van der Waals surface area contributed by atoms with E-state index in [2.05, 4.69) is 4.98 Å². The molecular weight excluding hydrogens is 334 g/mol. The number of aromatic nitrogens is 2. The number of imidazole rings is 1. The smallest absolute Gasteiger partial charge is 0.329 e. The van der Waals surface area contributed by atoms with Crippen LogP contribution in [0.5, 0.6) is 0 Å². The van der Waals surface area contributed by atoms with Crippen LogP contribution in [-0.2, 0) is 38.6 Å². The van der Waals surface area contributed by atoms with E-state index >= 15 is 0 Å². The Morgan fingerprint density at radius 2 is 2.00 bits per heavy atom. The van der Waals surface area contributed by atoms with Gasteiger partial charge in [-0.25, -0.2) is 9.78 Å². The number of methoxy groups -OCH3 is 2. The maximum atomic E-state index is 12.6. The first-order valence-corrected chi connectivity index (χ1v) is 8.57. The van der Waals surface area contributed by atoms with Crippen LogP contribution in [0.1, 0.15) is 23.4 Å². The van der Waals surface area contributed by atoms with E-state index in [0.717, 1.165) is 17.0 Å². The van der Waals surface area contributed by atoms with Gasteiger partial charge in [0.15, 0.2) is 0 Å². The predicted octanol–water partition coefficient (Wildman–Crippen LogP) is 1.39. The summed E-state index contributed by atoms with van der Waals surface area (Å²) in [5, 5.41) is 0. The predicted molar refractivity (Wildman–Crippen MR) is 94.3 cm³/mol. The standard InChI is InChI=1S/C19H23N3O4/c1-25-9-8-18(23)22-12-17-15(10-16(22)19(24)26-2)20-13-21(17)11-14-6-4-3-5-7-14/h3-7,13,16H,8-12H2,1-2H3/t16-/m0/s1. The molecule has 0 saturated carbocycles. The fourth-order valence-electron chi connectivity index (χ4n) is 3.22. The molecule has 0 saturated heterocycles. The summed E-state index contributed by atoms with van der Waals surface area (Å²) >= 11 is 0. The minimum Gasteiger partial charge on any atom is -0.467 e. The summed E-state index contributed by atoms with van der Waals surface area (Å²) in [6.45, 7) is 1.33. The van der Waals surface area contributed by atoms with Gasteiger partial charge < -0.3 is 18.9 Å². The van der Waals surface area contributed by atoms with E-state index in [4.69, 9.17) is 9.47 Å². The number of hydrogen-bond acceptors (Lipinski definition) is 5. The molecule has 2 aromatic rings. The molecule has 2 heterocycles. The van der Waals surface area contributed by atoms with Crippen molar-refractivity contribution in [2.24, 2.45) is 0 Å². The first-order valence-electron chi connectivity index (χ1n) is 8.57. The number of carbonyl (C=O) groups excluding carboxylic acids is 2. The van der Waals surface area contributed by atoms with Crippen molar-refractivity contribution in [2.75, 3.05) is 20.8 Å². The Balaban J connectivity index is 1.86. The van der Waals surface area contributed by atoms with E-state index < -0.39 is 12.0 Å². The molecule has 0 radical (unpaired) electrons. The lowest BCUT2D eigenvalue weighted by Gasteiger charge is -2.34. The summed E-state index contributed by atoms with van der Waals surface area (Å²) < 4.78 is 11.9. The molecule has 1 aliphatic heterocycles. The van der Waals surface area contributed by atoms with Crippen molar-refractivity contribution in [2.45, 2.75) is 32.0 Å². The number of ether oxygens (including phenoxy) is 2. The van der Waals surface area contributed by atoms with Crippen LogP contribution in [0.25, 0.3) is 0 Å². The molecule has 7 heteroatoms. The third kappa shape index (κ3) is 3.77. The summed E-state index contributed by atoms with van der Waals surface area (Å²) in [6, 6.07) is 9.42. The number of hydrogen-bond donors (Lipinski definition) is 0. The van der Waals surface area contributed by atoms with E-state index in [1.165, 1.54) is 7.11 Å². The van der Waals surface area contributed by atoms with Gasteiger partial charge in [-0.2, -0.15) is 0 Å². The van der Waals surface area contributed by atoms with Crippen LogP contribution < -0.4 is 0 Å². The molecule has 0 fully saturated rings. The molecule has 26 heavy (non-hydrogen) atoms. The van der Waals surface area contributed by atoms with Crippen LogP contribution in [0.3, 0.4) is 0 Å². The Morgan fingerprint density at radius 3 is 2.69 bits per heavy atom. The van der Waals surface area contributed by atoms with Crippen molar-refractivity contribution in [3.05, 3.63) is 53.6 Å². The molecule has 0 bridgehead atoms. The number of amides is 1. The second-order valence-electron chi connectivity index (χ2n) is 6.26. The SMILES string of the molecule is COCCC(=O)N1Cc2c(ncn2Cc2ccccc2)C[C@H]1C(=O)OC. The highest BCUT2D eigenvalue weighted by Crippen LogP contribution is 2.25. The van der Waals surface area contributed by atoms with E-state index in [-0.39, 0.29) is 12.3 Å². The molecule has 7 nitrogen and oxygen atoms in total. The van der Waals surface area contributed by atoms with Gasteiger partial charge >= 0.3 is 5.97 Å². The maximum absolute atomic E-state index is 12.6. The lowest BCUT2D eigenvalue weighted by molar-refractivity contribution is -0.154. The minimum absolute atomic E-state index is 0.125. The Morgan fingerprint density at radius 1 is 1.23 bits per heavy atom. The minimum atomic E-state index is -0.642. The highest BCUT2D eigenvalue weighted by molar-refractivity contribution is 5.85. The third-order valence-corrected chi connectivity index (χ3v) is 4.63. The number of nitrogens with zero attached hydrogens (tertiary/aromatic N) is 3. The van der Waals surface area contributed by atoms with Crippen LogP contribution >= 0.6 is 0 Å². The molecule has 0 spiro atoms. The maximum Gasteiger partial charge on any atom is 0.329 e. The first-order chi connectivity index (χ1) is 12.6. The van der Waals surface area contributed by atoms with Crippen molar-refractivity contribution in [3.8, 4) is 0 Å². The van der Waals surface area contributed by atoms with Crippen molar-refractivity contribution in [3.63, 3.8) is 0 Å². The molecule has 0 unspecified atom stereocenters. The quantitative estimate of drug-likeness (QED) is 0.731. The lowest BCUT2D eigenvalue weighted by atomic mass is 10.0. The summed E-state index contributed by atoms with van der Waals surface area (Å²) in [5.41, 5.74) is 2.95. The highest BCUT2D eigenvalue weighted by Gasteiger charge is 2.37. The first kappa shape index (κ1) is 18.1. The van der Waals surface area contributed by atoms with Crippen molar-refractivity contribution < 1.29 is 19.1 Å². The van der Waals surface area contributed by atoms with Gasteiger partial charge in [-0.3, -0.25) is 4.79 Å². The number of fused-ring (bicyclic) bond motifs is 1. The molecule has 0 N–H and O–H groups in total. The molecule has 1 amide bonds. The fourth-order valence-corrected chi connectivity index (χ4v) is 3.22. The van der Waals surface area contributed by atoms with Gasteiger partial charge in [0, 0.05) is 20.1 Å². The van der Waals surface area contributed by atoms with Gasteiger partial charge in [0.05, 0.1) is 44.4 Å². The van der Waals surface area contributed by atoms with Crippen molar-refractivity contribution in [1.29, 1.82) is 0 Å². The number of benzene rings is 1. The van der Waals surface area contributed by atoms with E-state index in [1.54, 1.807) is 18.3 Å². The van der Waals surface area contributed by atoms with Crippen LogP contribution in [0.4, 0.5) is 0 Å². The van der Waals surface area contributed by atoms with Gasteiger partial charge in [0.2, 0.25) is 5.91 Å². The lowest BCUT2D eigenvalue weighted by Crippen LogP contribution is -2.49. The Bertz CT molecular complexity index is 772. The topological polar surface area (TPSA) is 73.7 Å². The molecule has 1 aromatic heterocycles. The van der Waals surface area contributed by atoms with E-state index in [9.17, 15) is 9.59 Å². The van der Waals surface area contributed by atoms with Gasteiger partial charge in [-0.1, -0.05) is 30.3 Å². The number of rotatable bonds is 6. The Hall–Kier alpha value is -2.67. The number of carbonyl (C=O) groups is 2. The Labute approximate surface area is 152 Å². The monoisotopic (exact) mass is 357 g/mol.